The zero-order valence-corrected chi connectivity index (χ0v) is 16.8. The number of hydrogen-bond donors (Lipinski definition) is 1. The summed E-state index contributed by atoms with van der Waals surface area (Å²) in [5.74, 6) is -0.0782. The van der Waals surface area contributed by atoms with Crippen molar-refractivity contribution in [2.45, 2.75) is 32.7 Å². The monoisotopic (exact) mass is 393 g/mol. The molecule has 3 rings (SSSR count). The number of aromatic nitrogens is 2. The quantitative estimate of drug-likeness (QED) is 0.538. The van der Waals surface area contributed by atoms with Gasteiger partial charge in [0.2, 0.25) is 5.91 Å². The molecule has 0 aliphatic heterocycles. The van der Waals surface area contributed by atoms with Crippen molar-refractivity contribution in [2.75, 3.05) is 19.8 Å². The predicted molar refractivity (Wildman–Crippen MR) is 114 cm³/mol. The molecular formula is C23H27N3O3. The summed E-state index contributed by atoms with van der Waals surface area (Å²) >= 11 is 0. The number of nitrogens with one attached hydrogen (secondary N) is 1. The Balaban J connectivity index is 1.34. The van der Waals surface area contributed by atoms with E-state index in [9.17, 15) is 9.59 Å². The smallest absolute Gasteiger partial charge is 0.261 e. The lowest BCUT2D eigenvalue weighted by Crippen LogP contribution is -2.28. The van der Waals surface area contributed by atoms with Crippen LogP contribution in [0.2, 0.25) is 0 Å². The Hall–Kier alpha value is -2.99. The summed E-state index contributed by atoms with van der Waals surface area (Å²) in [4.78, 5) is 28.9. The zero-order valence-electron chi connectivity index (χ0n) is 16.8. The molecule has 0 radical (unpaired) electrons. The number of amides is 1. The minimum atomic E-state index is -0.113. The van der Waals surface area contributed by atoms with Gasteiger partial charge in [-0.1, -0.05) is 42.5 Å². The lowest BCUT2D eigenvalue weighted by atomic mass is 10.1. The van der Waals surface area contributed by atoms with Crippen molar-refractivity contribution in [3.05, 3.63) is 76.3 Å². The highest BCUT2D eigenvalue weighted by Crippen LogP contribution is 2.11. The van der Waals surface area contributed by atoms with E-state index in [1.807, 2.05) is 37.3 Å². The third kappa shape index (κ3) is 5.99. The molecule has 0 aliphatic rings. The molecule has 0 atom stereocenters. The highest BCUT2D eigenvalue weighted by Gasteiger charge is 2.07. The summed E-state index contributed by atoms with van der Waals surface area (Å²) in [7, 11) is 0. The van der Waals surface area contributed by atoms with Crippen LogP contribution >= 0.6 is 0 Å². The van der Waals surface area contributed by atoms with Crippen molar-refractivity contribution in [2.24, 2.45) is 0 Å². The molecule has 0 saturated heterocycles. The standard InChI is InChI=1S/C23H27N3O3/c1-18-7-5-10-20-22(18)25-17-26(23(20)28)14-11-21(27)24-13-6-15-29-16-12-19-8-3-2-4-9-19/h2-5,7-10,17H,6,11-16H2,1H3,(H,24,27). The number of hydrogen-bond acceptors (Lipinski definition) is 4. The van der Waals surface area contributed by atoms with Gasteiger partial charge < -0.3 is 10.1 Å². The van der Waals surface area contributed by atoms with Crippen molar-refractivity contribution in [1.82, 2.24) is 14.9 Å². The summed E-state index contributed by atoms with van der Waals surface area (Å²) in [6.07, 6.45) is 3.41. The molecule has 6 nitrogen and oxygen atoms in total. The fraction of sp³-hybridized carbons (Fsp3) is 0.348. The topological polar surface area (TPSA) is 73.2 Å². The van der Waals surface area contributed by atoms with Gasteiger partial charge in [-0.25, -0.2) is 4.98 Å². The Kier molecular flexibility index (Phi) is 7.53. The molecule has 0 aliphatic carbocycles. The molecule has 3 aromatic rings. The van der Waals surface area contributed by atoms with Crippen molar-refractivity contribution < 1.29 is 9.53 Å². The summed E-state index contributed by atoms with van der Waals surface area (Å²) in [6.45, 7) is 4.09. The number of carbonyl (C=O) groups excluding carboxylic acids is 1. The van der Waals surface area contributed by atoms with Crippen molar-refractivity contribution in [1.29, 1.82) is 0 Å². The van der Waals surface area contributed by atoms with Crippen molar-refractivity contribution in [3.63, 3.8) is 0 Å². The molecule has 6 heteroatoms. The van der Waals surface area contributed by atoms with E-state index < -0.39 is 0 Å². The van der Waals surface area contributed by atoms with Gasteiger partial charge in [-0.05, 0) is 37.0 Å². The number of fused-ring (bicyclic) bond motifs is 1. The molecular weight excluding hydrogens is 366 g/mol. The fourth-order valence-corrected chi connectivity index (χ4v) is 3.15. The Morgan fingerprint density at radius 3 is 2.76 bits per heavy atom. The maximum Gasteiger partial charge on any atom is 0.261 e. The van der Waals surface area contributed by atoms with Crippen LogP contribution in [0.1, 0.15) is 24.0 Å². The molecule has 1 heterocycles. The zero-order chi connectivity index (χ0) is 20.5. The summed E-state index contributed by atoms with van der Waals surface area (Å²) < 4.78 is 7.10. The van der Waals surface area contributed by atoms with Crippen molar-refractivity contribution in [3.8, 4) is 0 Å². The first-order valence-corrected chi connectivity index (χ1v) is 9.98. The average molecular weight is 393 g/mol. The first-order valence-electron chi connectivity index (χ1n) is 9.98. The van der Waals surface area contributed by atoms with Gasteiger partial charge in [-0.3, -0.25) is 14.2 Å². The minimum absolute atomic E-state index is 0.0782. The van der Waals surface area contributed by atoms with Gasteiger partial charge in [0.1, 0.15) is 0 Å². The predicted octanol–water partition coefficient (Wildman–Crippen LogP) is 2.86. The molecule has 152 valence electrons. The van der Waals surface area contributed by atoms with Gasteiger partial charge in [0, 0.05) is 26.1 Å². The van der Waals surface area contributed by atoms with Crippen molar-refractivity contribution >= 4 is 16.8 Å². The van der Waals surface area contributed by atoms with Gasteiger partial charge in [0.25, 0.3) is 5.56 Å². The van der Waals surface area contributed by atoms with Crippen LogP contribution in [0.3, 0.4) is 0 Å². The summed E-state index contributed by atoms with van der Waals surface area (Å²) in [5.41, 5.74) is 2.83. The van der Waals surface area contributed by atoms with Gasteiger partial charge in [-0.2, -0.15) is 0 Å². The second-order valence-corrected chi connectivity index (χ2v) is 7.02. The molecule has 0 fully saturated rings. The number of para-hydroxylation sites is 1. The third-order valence-electron chi connectivity index (χ3n) is 4.80. The van der Waals surface area contributed by atoms with E-state index >= 15 is 0 Å². The van der Waals surface area contributed by atoms with E-state index in [1.54, 1.807) is 6.07 Å². The number of aryl methyl sites for hydroxylation is 2. The Labute approximate surface area is 170 Å². The average Bonchev–Trinajstić information content (AvgIpc) is 2.74. The van der Waals surface area contributed by atoms with Crippen LogP contribution in [0.4, 0.5) is 0 Å². The normalized spacial score (nSPS) is 10.9. The molecule has 1 amide bonds. The van der Waals surface area contributed by atoms with Gasteiger partial charge >= 0.3 is 0 Å². The summed E-state index contributed by atoms with van der Waals surface area (Å²) in [5, 5.41) is 3.46. The lowest BCUT2D eigenvalue weighted by Gasteiger charge is -2.09. The van der Waals surface area contributed by atoms with Gasteiger partial charge in [-0.15, -0.1) is 0 Å². The number of ether oxygens (including phenoxy) is 1. The maximum absolute atomic E-state index is 12.5. The molecule has 0 unspecified atom stereocenters. The van der Waals surface area contributed by atoms with Crippen LogP contribution in [0, 0.1) is 6.92 Å². The highest BCUT2D eigenvalue weighted by atomic mass is 16.5. The fourth-order valence-electron chi connectivity index (χ4n) is 3.15. The molecule has 1 aromatic heterocycles. The third-order valence-corrected chi connectivity index (χ3v) is 4.80. The van der Waals surface area contributed by atoms with E-state index in [0.29, 0.717) is 37.2 Å². The number of rotatable bonds is 10. The minimum Gasteiger partial charge on any atom is -0.381 e. The highest BCUT2D eigenvalue weighted by molar-refractivity contribution is 5.80. The van der Waals surface area contributed by atoms with Crippen LogP contribution in [0.25, 0.3) is 10.9 Å². The molecule has 2 aromatic carbocycles. The Morgan fingerprint density at radius 1 is 1.10 bits per heavy atom. The molecule has 29 heavy (non-hydrogen) atoms. The van der Waals surface area contributed by atoms with Gasteiger partial charge in [0.05, 0.1) is 23.8 Å². The molecule has 0 spiro atoms. The molecule has 0 bridgehead atoms. The number of nitrogens with zero attached hydrogens (tertiary/aromatic N) is 2. The largest absolute Gasteiger partial charge is 0.381 e. The Morgan fingerprint density at radius 2 is 1.93 bits per heavy atom. The SMILES string of the molecule is Cc1cccc2c(=O)n(CCC(=O)NCCCOCCc3ccccc3)cnc12. The van der Waals surface area contributed by atoms with Crippen LogP contribution in [0.5, 0.6) is 0 Å². The van der Waals surface area contributed by atoms with Crippen LogP contribution in [0.15, 0.2) is 59.7 Å². The molecule has 0 saturated carbocycles. The van der Waals surface area contributed by atoms with Crippen LogP contribution in [-0.2, 0) is 22.5 Å². The second-order valence-electron chi connectivity index (χ2n) is 7.02. The second kappa shape index (κ2) is 10.5. The first-order chi connectivity index (χ1) is 14.1. The van der Waals surface area contributed by atoms with Crippen LogP contribution < -0.4 is 10.9 Å². The van der Waals surface area contributed by atoms with Gasteiger partial charge in [0.15, 0.2) is 0 Å². The maximum atomic E-state index is 12.5. The molecule has 1 N–H and O–H groups in total. The summed E-state index contributed by atoms with van der Waals surface area (Å²) in [6, 6.07) is 15.8. The lowest BCUT2D eigenvalue weighted by molar-refractivity contribution is -0.121. The van der Waals surface area contributed by atoms with E-state index in [-0.39, 0.29) is 17.9 Å². The van der Waals surface area contributed by atoms with E-state index in [4.69, 9.17) is 4.74 Å². The van der Waals surface area contributed by atoms with E-state index in [1.165, 1.54) is 16.5 Å². The number of benzene rings is 2. The first kappa shape index (κ1) is 20.7. The Bertz CT molecular complexity index is 999. The van der Waals surface area contributed by atoms with E-state index in [0.717, 1.165) is 18.4 Å². The van der Waals surface area contributed by atoms with E-state index in [2.05, 4.69) is 22.4 Å². The van der Waals surface area contributed by atoms with Crippen LogP contribution in [-0.4, -0.2) is 35.2 Å². The number of carbonyl (C=O) groups is 1.